The summed E-state index contributed by atoms with van der Waals surface area (Å²) in [5.41, 5.74) is 0.559. The monoisotopic (exact) mass is 268 g/mol. The Morgan fingerprint density at radius 1 is 1.50 bits per heavy atom. The molecule has 0 spiro atoms. The summed E-state index contributed by atoms with van der Waals surface area (Å²) in [4.78, 5) is 18.1. The van der Waals surface area contributed by atoms with Crippen molar-refractivity contribution in [2.24, 2.45) is 0 Å². The van der Waals surface area contributed by atoms with Gasteiger partial charge in [-0.1, -0.05) is 11.6 Å². The van der Waals surface area contributed by atoms with Gasteiger partial charge in [0.25, 0.3) is 5.91 Å². The summed E-state index contributed by atoms with van der Waals surface area (Å²) >= 11 is 5.71. The Balaban J connectivity index is 2.12. The van der Waals surface area contributed by atoms with Crippen molar-refractivity contribution in [3.05, 3.63) is 29.0 Å². The first-order chi connectivity index (χ1) is 8.72. The van der Waals surface area contributed by atoms with Crippen molar-refractivity contribution in [1.29, 1.82) is 0 Å². The fourth-order valence-electron chi connectivity index (χ4n) is 2.39. The van der Waals surface area contributed by atoms with E-state index in [1.165, 1.54) is 6.20 Å². The number of amides is 1. The van der Waals surface area contributed by atoms with Crippen LogP contribution < -0.4 is 0 Å². The minimum Gasteiger partial charge on any atom is -0.396 e. The second-order valence-electron chi connectivity index (χ2n) is 4.53. The van der Waals surface area contributed by atoms with Gasteiger partial charge in [0.1, 0.15) is 5.15 Å². The summed E-state index contributed by atoms with van der Waals surface area (Å²) < 4.78 is 0. The van der Waals surface area contributed by atoms with Gasteiger partial charge in [0.05, 0.1) is 5.56 Å². The van der Waals surface area contributed by atoms with Gasteiger partial charge in [0.15, 0.2) is 0 Å². The van der Waals surface area contributed by atoms with Crippen LogP contribution in [0.15, 0.2) is 18.3 Å². The van der Waals surface area contributed by atoms with Crippen LogP contribution in [0.25, 0.3) is 0 Å². The molecule has 4 nitrogen and oxygen atoms in total. The second-order valence-corrected chi connectivity index (χ2v) is 4.92. The lowest BCUT2D eigenvalue weighted by Gasteiger charge is -2.35. The molecule has 1 aliphatic rings. The summed E-state index contributed by atoms with van der Waals surface area (Å²) in [6.07, 6.45) is 5.26. The topological polar surface area (TPSA) is 53.4 Å². The van der Waals surface area contributed by atoms with Gasteiger partial charge in [0, 0.05) is 25.4 Å². The van der Waals surface area contributed by atoms with Gasteiger partial charge in [-0.2, -0.15) is 0 Å². The number of hydrogen-bond donors (Lipinski definition) is 1. The van der Waals surface area contributed by atoms with E-state index in [1.807, 2.05) is 4.90 Å². The van der Waals surface area contributed by atoms with Crippen molar-refractivity contribution >= 4 is 17.5 Å². The van der Waals surface area contributed by atoms with E-state index in [4.69, 9.17) is 16.7 Å². The van der Waals surface area contributed by atoms with Crippen molar-refractivity contribution < 1.29 is 9.90 Å². The molecule has 1 amide bonds. The maximum Gasteiger partial charge on any atom is 0.255 e. The standard InChI is InChI=1S/C13H17ClN2O2/c14-12-5-4-10(9-15-12)13(18)16-7-2-1-3-11(16)6-8-17/h4-5,9,11,17H,1-3,6-8H2. The number of likely N-dealkylation sites (tertiary alicyclic amines) is 1. The maximum atomic E-state index is 12.4. The van der Waals surface area contributed by atoms with E-state index in [0.29, 0.717) is 17.1 Å². The summed E-state index contributed by atoms with van der Waals surface area (Å²) in [5, 5.41) is 9.44. The van der Waals surface area contributed by atoms with E-state index in [0.717, 1.165) is 25.8 Å². The Morgan fingerprint density at radius 3 is 3.00 bits per heavy atom. The number of piperidine rings is 1. The SMILES string of the molecule is O=C(c1ccc(Cl)nc1)N1CCCCC1CCO. The third-order valence-corrected chi connectivity index (χ3v) is 3.55. The largest absolute Gasteiger partial charge is 0.396 e. The van der Waals surface area contributed by atoms with Crippen LogP contribution in [-0.4, -0.2) is 40.1 Å². The van der Waals surface area contributed by atoms with E-state index in [-0.39, 0.29) is 18.6 Å². The fourth-order valence-corrected chi connectivity index (χ4v) is 2.50. The zero-order valence-electron chi connectivity index (χ0n) is 10.2. The second kappa shape index (κ2) is 6.16. The first-order valence-electron chi connectivity index (χ1n) is 6.26. The molecule has 0 aliphatic carbocycles. The summed E-state index contributed by atoms with van der Waals surface area (Å²) in [6.45, 7) is 0.874. The molecular formula is C13H17ClN2O2. The highest BCUT2D eigenvalue weighted by molar-refractivity contribution is 6.29. The number of carbonyl (C=O) groups excluding carboxylic acids is 1. The highest BCUT2D eigenvalue weighted by Gasteiger charge is 2.27. The normalized spacial score (nSPS) is 19.9. The predicted molar refractivity (Wildman–Crippen MR) is 69.6 cm³/mol. The van der Waals surface area contributed by atoms with Gasteiger partial charge in [-0.3, -0.25) is 4.79 Å². The minimum absolute atomic E-state index is 0.0164. The number of nitrogens with zero attached hydrogens (tertiary/aromatic N) is 2. The average Bonchev–Trinajstić information content (AvgIpc) is 2.40. The highest BCUT2D eigenvalue weighted by Crippen LogP contribution is 2.21. The van der Waals surface area contributed by atoms with Crippen molar-refractivity contribution in [3.8, 4) is 0 Å². The number of aliphatic hydroxyl groups is 1. The number of halogens is 1. The zero-order chi connectivity index (χ0) is 13.0. The summed E-state index contributed by atoms with van der Waals surface area (Å²) in [6, 6.07) is 3.47. The quantitative estimate of drug-likeness (QED) is 0.855. The fraction of sp³-hybridized carbons (Fsp3) is 0.538. The molecule has 2 heterocycles. The molecule has 0 saturated carbocycles. The van der Waals surface area contributed by atoms with Crippen LogP contribution in [0.4, 0.5) is 0 Å². The van der Waals surface area contributed by atoms with Crippen molar-refractivity contribution in [3.63, 3.8) is 0 Å². The van der Waals surface area contributed by atoms with Crippen LogP contribution in [0.3, 0.4) is 0 Å². The first kappa shape index (κ1) is 13.3. The van der Waals surface area contributed by atoms with Gasteiger partial charge < -0.3 is 10.0 Å². The van der Waals surface area contributed by atoms with E-state index in [1.54, 1.807) is 12.1 Å². The Morgan fingerprint density at radius 2 is 2.33 bits per heavy atom. The van der Waals surface area contributed by atoms with Crippen LogP contribution in [-0.2, 0) is 0 Å². The zero-order valence-corrected chi connectivity index (χ0v) is 10.9. The third-order valence-electron chi connectivity index (χ3n) is 3.32. The van der Waals surface area contributed by atoms with E-state index in [9.17, 15) is 4.79 Å². The van der Waals surface area contributed by atoms with E-state index >= 15 is 0 Å². The minimum atomic E-state index is -0.0164. The Bertz CT molecular complexity index is 406. The predicted octanol–water partition coefficient (Wildman–Crippen LogP) is 2.11. The van der Waals surface area contributed by atoms with Gasteiger partial charge in [-0.25, -0.2) is 4.98 Å². The maximum absolute atomic E-state index is 12.4. The average molecular weight is 269 g/mol. The lowest BCUT2D eigenvalue weighted by molar-refractivity contribution is 0.0574. The number of aromatic nitrogens is 1. The molecule has 98 valence electrons. The van der Waals surface area contributed by atoms with Crippen LogP contribution in [0.2, 0.25) is 5.15 Å². The number of pyridine rings is 1. The van der Waals surface area contributed by atoms with E-state index < -0.39 is 0 Å². The molecule has 18 heavy (non-hydrogen) atoms. The molecule has 1 N–H and O–H groups in total. The molecule has 0 radical (unpaired) electrons. The van der Waals surface area contributed by atoms with Gasteiger partial charge in [0.2, 0.25) is 0 Å². The molecular weight excluding hydrogens is 252 g/mol. The smallest absolute Gasteiger partial charge is 0.255 e. The molecule has 1 aromatic heterocycles. The molecule has 1 atom stereocenters. The molecule has 0 bridgehead atoms. The van der Waals surface area contributed by atoms with Gasteiger partial charge in [-0.15, -0.1) is 0 Å². The number of rotatable bonds is 3. The van der Waals surface area contributed by atoms with Crippen LogP contribution in [0.1, 0.15) is 36.0 Å². The van der Waals surface area contributed by atoms with Gasteiger partial charge in [-0.05, 0) is 37.8 Å². The van der Waals surface area contributed by atoms with Crippen LogP contribution in [0, 0.1) is 0 Å². The van der Waals surface area contributed by atoms with Crippen LogP contribution >= 0.6 is 11.6 Å². The molecule has 1 saturated heterocycles. The van der Waals surface area contributed by atoms with Crippen molar-refractivity contribution in [2.75, 3.05) is 13.2 Å². The molecule has 1 aliphatic heterocycles. The number of aliphatic hydroxyl groups excluding tert-OH is 1. The summed E-state index contributed by atoms with van der Waals surface area (Å²) in [7, 11) is 0. The van der Waals surface area contributed by atoms with E-state index in [2.05, 4.69) is 4.98 Å². The molecule has 5 heteroatoms. The molecule has 2 rings (SSSR count). The molecule has 1 fully saturated rings. The first-order valence-corrected chi connectivity index (χ1v) is 6.63. The van der Waals surface area contributed by atoms with Crippen molar-refractivity contribution in [1.82, 2.24) is 9.88 Å². The third kappa shape index (κ3) is 3.00. The lowest BCUT2D eigenvalue weighted by Crippen LogP contribution is -2.44. The summed E-state index contributed by atoms with van der Waals surface area (Å²) in [5.74, 6) is -0.0164. The lowest BCUT2D eigenvalue weighted by atomic mass is 9.99. The number of hydrogen-bond acceptors (Lipinski definition) is 3. The molecule has 0 aromatic carbocycles. The van der Waals surface area contributed by atoms with Crippen LogP contribution in [0.5, 0.6) is 0 Å². The number of carbonyl (C=O) groups is 1. The Kier molecular flexibility index (Phi) is 4.55. The Hall–Kier alpha value is -1.13. The Labute approximate surface area is 112 Å². The highest BCUT2D eigenvalue weighted by atomic mass is 35.5. The van der Waals surface area contributed by atoms with Gasteiger partial charge >= 0.3 is 0 Å². The molecule has 1 aromatic rings. The van der Waals surface area contributed by atoms with Crippen molar-refractivity contribution in [2.45, 2.75) is 31.7 Å². The molecule has 1 unspecified atom stereocenters.